The molecule has 1 aromatic heterocycles. The minimum absolute atomic E-state index is 0.177. The zero-order valence-corrected chi connectivity index (χ0v) is 20.6. The van der Waals surface area contributed by atoms with E-state index in [-0.39, 0.29) is 11.3 Å². The van der Waals surface area contributed by atoms with E-state index >= 15 is 0 Å². The SMILES string of the molecule is CCOc1ccc(OCC)c(N2C(=O)NC(=O)/C(=C\c3cccn3-c3ccc(N(C)C)cc3)C2=O)c1. The summed E-state index contributed by atoms with van der Waals surface area (Å²) in [6.07, 6.45) is 3.31. The van der Waals surface area contributed by atoms with E-state index in [1.165, 1.54) is 6.08 Å². The molecule has 2 heterocycles. The van der Waals surface area contributed by atoms with Crippen LogP contribution in [0.5, 0.6) is 11.5 Å². The number of anilines is 2. The molecule has 1 fully saturated rings. The number of nitrogens with one attached hydrogen (secondary N) is 1. The van der Waals surface area contributed by atoms with Crippen molar-refractivity contribution in [3.63, 3.8) is 0 Å². The molecule has 4 rings (SSSR count). The van der Waals surface area contributed by atoms with Gasteiger partial charge in [-0.25, -0.2) is 9.69 Å². The van der Waals surface area contributed by atoms with Gasteiger partial charge >= 0.3 is 6.03 Å². The zero-order chi connectivity index (χ0) is 25.8. The number of hydrogen-bond acceptors (Lipinski definition) is 6. The Morgan fingerprint density at radius 3 is 2.33 bits per heavy atom. The van der Waals surface area contributed by atoms with Crippen LogP contribution >= 0.6 is 0 Å². The van der Waals surface area contributed by atoms with E-state index < -0.39 is 17.8 Å². The van der Waals surface area contributed by atoms with Crippen molar-refractivity contribution in [2.45, 2.75) is 13.8 Å². The summed E-state index contributed by atoms with van der Waals surface area (Å²) in [4.78, 5) is 42.0. The van der Waals surface area contributed by atoms with Crippen molar-refractivity contribution < 1.29 is 23.9 Å². The summed E-state index contributed by atoms with van der Waals surface area (Å²) in [5, 5.41) is 2.27. The van der Waals surface area contributed by atoms with Gasteiger partial charge in [0, 0.05) is 43.4 Å². The highest BCUT2D eigenvalue weighted by atomic mass is 16.5. The average Bonchev–Trinajstić information content (AvgIpc) is 3.32. The van der Waals surface area contributed by atoms with E-state index in [0.717, 1.165) is 16.3 Å². The van der Waals surface area contributed by atoms with Crippen LogP contribution < -0.4 is 24.6 Å². The molecule has 0 aliphatic carbocycles. The highest BCUT2D eigenvalue weighted by Gasteiger charge is 2.38. The van der Waals surface area contributed by atoms with Crippen LogP contribution in [0.1, 0.15) is 19.5 Å². The van der Waals surface area contributed by atoms with Crippen LogP contribution in [0.25, 0.3) is 11.8 Å². The van der Waals surface area contributed by atoms with Gasteiger partial charge in [-0.15, -0.1) is 0 Å². The third kappa shape index (κ3) is 4.81. The van der Waals surface area contributed by atoms with Gasteiger partial charge in [0.15, 0.2) is 0 Å². The molecule has 0 radical (unpaired) electrons. The minimum atomic E-state index is -0.855. The maximum atomic E-state index is 13.5. The number of rotatable bonds is 8. The molecule has 0 unspecified atom stereocenters. The van der Waals surface area contributed by atoms with Crippen LogP contribution in [0.2, 0.25) is 0 Å². The van der Waals surface area contributed by atoms with Gasteiger partial charge in [-0.05, 0) is 68.5 Å². The molecular weight excluding hydrogens is 460 g/mol. The van der Waals surface area contributed by atoms with Crippen molar-refractivity contribution in [2.24, 2.45) is 0 Å². The lowest BCUT2D eigenvalue weighted by Crippen LogP contribution is -2.54. The molecule has 1 N–H and O–H groups in total. The molecule has 0 saturated carbocycles. The van der Waals surface area contributed by atoms with Crippen LogP contribution in [0.15, 0.2) is 66.4 Å². The van der Waals surface area contributed by atoms with Crippen LogP contribution in [0.4, 0.5) is 16.2 Å². The Labute approximate surface area is 209 Å². The monoisotopic (exact) mass is 488 g/mol. The standard InChI is InChI=1S/C27H28N4O5/c1-5-35-21-13-14-24(36-6-2)23(17-21)31-26(33)22(25(32)28-27(31)34)16-20-8-7-15-30(20)19-11-9-18(10-12-19)29(3)4/h7-17H,5-6H2,1-4H3,(H,28,32,34)/b22-16+. The average molecular weight is 489 g/mol. The predicted octanol–water partition coefficient (Wildman–Crippen LogP) is 4.01. The summed E-state index contributed by atoms with van der Waals surface area (Å²) in [6, 6.07) is 15.5. The van der Waals surface area contributed by atoms with Crippen molar-refractivity contribution in [3.8, 4) is 17.2 Å². The van der Waals surface area contributed by atoms with Crippen molar-refractivity contribution in [3.05, 3.63) is 72.1 Å². The Morgan fingerprint density at radius 1 is 0.944 bits per heavy atom. The topological polar surface area (TPSA) is 93.1 Å². The van der Waals surface area contributed by atoms with Crippen LogP contribution in [0.3, 0.4) is 0 Å². The number of barbiturate groups is 1. The summed E-state index contributed by atoms with van der Waals surface area (Å²) in [6.45, 7) is 4.36. The summed E-state index contributed by atoms with van der Waals surface area (Å²) in [7, 11) is 3.92. The number of carbonyl (C=O) groups excluding carboxylic acids is 3. The van der Waals surface area contributed by atoms with Crippen LogP contribution in [-0.4, -0.2) is 49.7 Å². The molecule has 9 nitrogen and oxygen atoms in total. The largest absolute Gasteiger partial charge is 0.494 e. The number of carbonyl (C=O) groups is 3. The fraction of sp³-hybridized carbons (Fsp3) is 0.222. The summed E-state index contributed by atoms with van der Waals surface area (Å²) in [5.74, 6) is -0.735. The van der Waals surface area contributed by atoms with Gasteiger partial charge in [0.1, 0.15) is 17.1 Å². The highest BCUT2D eigenvalue weighted by Crippen LogP contribution is 2.35. The van der Waals surface area contributed by atoms with Gasteiger partial charge in [0.2, 0.25) is 0 Å². The molecule has 0 spiro atoms. The molecule has 1 saturated heterocycles. The molecule has 4 amide bonds. The van der Waals surface area contributed by atoms with E-state index in [1.807, 2.05) is 67.0 Å². The number of urea groups is 1. The quantitative estimate of drug-likeness (QED) is 0.381. The lowest BCUT2D eigenvalue weighted by Gasteiger charge is -2.28. The third-order valence-electron chi connectivity index (χ3n) is 5.60. The van der Waals surface area contributed by atoms with Crippen molar-refractivity contribution in [1.82, 2.24) is 9.88 Å². The number of benzene rings is 2. The van der Waals surface area contributed by atoms with Gasteiger partial charge in [-0.1, -0.05) is 0 Å². The van der Waals surface area contributed by atoms with Gasteiger partial charge in [0.05, 0.1) is 18.9 Å². The molecule has 0 bridgehead atoms. The Kier molecular flexibility index (Phi) is 7.10. The number of amides is 4. The molecule has 3 aromatic rings. The highest BCUT2D eigenvalue weighted by molar-refractivity contribution is 6.39. The summed E-state index contributed by atoms with van der Waals surface area (Å²) >= 11 is 0. The number of nitrogens with zero attached hydrogens (tertiary/aromatic N) is 3. The zero-order valence-electron chi connectivity index (χ0n) is 20.6. The normalized spacial score (nSPS) is 14.7. The first-order valence-electron chi connectivity index (χ1n) is 11.6. The first-order chi connectivity index (χ1) is 17.3. The fourth-order valence-corrected chi connectivity index (χ4v) is 3.89. The van der Waals surface area contributed by atoms with Crippen molar-refractivity contribution >= 4 is 35.3 Å². The van der Waals surface area contributed by atoms with Gasteiger partial charge in [-0.3, -0.25) is 14.9 Å². The molecule has 36 heavy (non-hydrogen) atoms. The van der Waals surface area contributed by atoms with E-state index in [9.17, 15) is 14.4 Å². The number of aromatic nitrogens is 1. The fourth-order valence-electron chi connectivity index (χ4n) is 3.89. The Balaban J connectivity index is 1.74. The Morgan fingerprint density at radius 2 is 1.67 bits per heavy atom. The molecular formula is C27H28N4O5. The molecule has 2 aromatic carbocycles. The molecule has 186 valence electrons. The van der Waals surface area contributed by atoms with E-state index in [0.29, 0.717) is 30.4 Å². The second-order valence-electron chi connectivity index (χ2n) is 8.17. The van der Waals surface area contributed by atoms with Crippen LogP contribution in [-0.2, 0) is 9.59 Å². The van der Waals surface area contributed by atoms with E-state index in [4.69, 9.17) is 9.47 Å². The predicted molar refractivity (Wildman–Crippen MR) is 138 cm³/mol. The summed E-state index contributed by atoms with van der Waals surface area (Å²) < 4.78 is 13.1. The first-order valence-corrected chi connectivity index (χ1v) is 11.6. The van der Waals surface area contributed by atoms with E-state index in [1.54, 1.807) is 31.2 Å². The Hall–Kier alpha value is -4.53. The van der Waals surface area contributed by atoms with E-state index in [2.05, 4.69) is 5.32 Å². The number of hydrogen-bond donors (Lipinski definition) is 1. The second kappa shape index (κ2) is 10.4. The second-order valence-corrected chi connectivity index (χ2v) is 8.17. The van der Waals surface area contributed by atoms with Crippen LogP contribution in [0, 0.1) is 0 Å². The first kappa shape index (κ1) is 24.6. The molecule has 1 aliphatic heterocycles. The van der Waals surface area contributed by atoms with Gasteiger partial charge < -0.3 is 18.9 Å². The minimum Gasteiger partial charge on any atom is -0.494 e. The van der Waals surface area contributed by atoms with Crippen molar-refractivity contribution in [2.75, 3.05) is 37.1 Å². The Bertz CT molecular complexity index is 1320. The number of imide groups is 2. The van der Waals surface area contributed by atoms with Crippen molar-refractivity contribution in [1.29, 1.82) is 0 Å². The maximum absolute atomic E-state index is 13.5. The number of ether oxygens (including phenoxy) is 2. The lowest BCUT2D eigenvalue weighted by molar-refractivity contribution is -0.122. The van der Waals surface area contributed by atoms with Gasteiger partial charge in [0.25, 0.3) is 11.8 Å². The maximum Gasteiger partial charge on any atom is 0.336 e. The summed E-state index contributed by atoms with van der Waals surface area (Å²) in [5.41, 5.74) is 2.52. The lowest BCUT2D eigenvalue weighted by atomic mass is 10.1. The third-order valence-corrected chi connectivity index (χ3v) is 5.60. The van der Waals surface area contributed by atoms with Gasteiger partial charge in [-0.2, -0.15) is 0 Å². The smallest absolute Gasteiger partial charge is 0.336 e. The molecule has 9 heteroatoms. The molecule has 1 aliphatic rings. The molecule has 0 atom stereocenters.